The maximum atomic E-state index is 14.8. The molecule has 61 heavy (non-hydrogen) atoms. The number of anilines is 2. The number of aliphatic hydroxyl groups excluding tert-OH is 1. The van der Waals surface area contributed by atoms with Crippen LogP contribution in [0.1, 0.15) is 56.7 Å². The summed E-state index contributed by atoms with van der Waals surface area (Å²) in [6.07, 6.45) is -3.07. The molecule has 2 amide bonds. The van der Waals surface area contributed by atoms with Gasteiger partial charge in [0.1, 0.15) is 25.2 Å². The highest BCUT2D eigenvalue weighted by Gasteiger charge is 2.33. The Bertz CT molecular complexity index is 2720. The van der Waals surface area contributed by atoms with Crippen molar-refractivity contribution in [2.45, 2.75) is 59.4 Å². The Balaban J connectivity index is 1.14. The Labute approximate surface area is 352 Å². The standard InChI is InChI=1S/C43H40ClF3N8O6/c1-3-33-38(52-13-15-53(16-14-52)40(58)37-39(25(2)48-24-49-37)61-21-26-7-5-4-6-8-26)41(59)55-34(20-56)36(27-9-10-28-22-60-23-29(28)17-27)51-42(55)54(33)19-35(57)50-32-12-11-30(18-31(32)44)43(45,46)47/h4-12,17-18,24,56H,3,13-16,19-23H2,1-2H3,(H,50,57). The molecule has 8 rings (SSSR count). The predicted octanol–water partition coefficient (Wildman–Crippen LogP) is 6.20. The lowest BCUT2D eigenvalue weighted by Gasteiger charge is -2.37. The molecule has 5 heterocycles. The first-order chi connectivity index (χ1) is 29.4. The van der Waals surface area contributed by atoms with E-state index in [2.05, 4.69) is 15.3 Å². The number of amides is 2. The number of aryl methyl sites for hydroxylation is 1. The van der Waals surface area contributed by atoms with E-state index in [1.807, 2.05) is 60.4 Å². The van der Waals surface area contributed by atoms with E-state index in [-0.39, 0.29) is 84.4 Å². The molecular weight excluding hydrogens is 817 g/mol. The molecular formula is C43H40ClF3N8O6. The van der Waals surface area contributed by atoms with Crippen LogP contribution < -0.4 is 20.5 Å². The molecule has 0 radical (unpaired) electrons. The molecule has 3 aromatic carbocycles. The Morgan fingerprint density at radius 1 is 0.967 bits per heavy atom. The molecule has 0 spiro atoms. The highest BCUT2D eigenvalue weighted by atomic mass is 35.5. The molecule has 2 aliphatic rings. The Hall–Kier alpha value is -6.30. The van der Waals surface area contributed by atoms with Gasteiger partial charge in [-0.3, -0.25) is 14.4 Å². The van der Waals surface area contributed by atoms with Gasteiger partial charge in [-0.25, -0.2) is 19.4 Å². The fourth-order valence-electron chi connectivity index (χ4n) is 7.78. The van der Waals surface area contributed by atoms with Crippen LogP contribution in [0.4, 0.5) is 24.5 Å². The van der Waals surface area contributed by atoms with E-state index in [1.54, 1.807) is 16.4 Å². The topological polar surface area (TPSA) is 156 Å². The van der Waals surface area contributed by atoms with E-state index in [0.29, 0.717) is 35.9 Å². The second kappa shape index (κ2) is 17.0. The van der Waals surface area contributed by atoms with Crippen LogP contribution in [0.3, 0.4) is 0 Å². The monoisotopic (exact) mass is 856 g/mol. The van der Waals surface area contributed by atoms with Crippen molar-refractivity contribution in [3.8, 4) is 17.0 Å². The molecule has 1 fully saturated rings. The molecule has 14 nitrogen and oxygen atoms in total. The van der Waals surface area contributed by atoms with E-state index < -0.39 is 36.4 Å². The zero-order valence-electron chi connectivity index (χ0n) is 33.1. The third-order valence-electron chi connectivity index (χ3n) is 10.8. The van der Waals surface area contributed by atoms with Crippen LogP contribution in [0.5, 0.6) is 5.75 Å². The maximum Gasteiger partial charge on any atom is 0.416 e. The number of nitrogens with one attached hydrogen (secondary N) is 1. The number of halogens is 4. The molecule has 18 heteroatoms. The summed E-state index contributed by atoms with van der Waals surface area (Å²) in [5.41, 5.74) is 3.82. The van der Waals surface area contributed by atoms with Gasteiger partial charge in [-0.05, 0) is 54.3 Å². The third kappa shape index (κ3) is 8.15. The highest BCUT2D eigenvalue weighted by molar-refractivity contribution is 6.33. The second-order valence-corrected chi connectivity index (χ2v) is 15.1. The molecule has 6 aromatic rings. The molecule has 1 saturated heterocycles. The van der Waals surface area contributed by atoms with Crippen molar-refractivity contribution in [1.29, 1.82) is 0 Å². The number of piperazine rings is 1. The van der Waals surface area contributed by atoms with E-state index in [9.17, 15) is 32.7 Å². The van der Waals surface area contributed by atoms with Gasteiger partial charge in [-0.15, -0.1) is 0 Å². The number of aromatic nitrogens is 5. The Morgan fingerprint density at radius 3 is 2.43 bits per heavy atom. The minimum atomic E-state index is -4.64. The molecule has 2 N–H and O–H groups in total. The lowest BCUT2D eigenvalue weighted by atomic mass is 10.0. The van der Waals surface area contributed by atoms with Gasteiger partial charge in [0.2, 0.25) is 11.7 Å². The van der Waals surface area contributed by atoms with Crippen LogP contribution in [-0.2, 0) is 55.1 Å². The summed E-state index contributed by atoms with van der Waals surface area (Å²) >= 11 is 6.20. The first-order valence-electron chi connectivity index (χ1n) is 19.5. The Morgan fingerprint density at radius 2 is 1.72 bits per heavy atom. The molecule has 0 atom stereocenters. The molecule has 0 saturated carbocycles. The number of hydrogen-bond acceptors (Lipinski definition) is 10. The molecule has 2 aliphatic heterocycles. The van der Waals surface area contributed by atoms with Gasteiger partial charge in [0, 0.05) is 31.7 Å². The lowest BCUT2D eigenvalue weighted by Crippen LogP contribution is -2.51. The van der Waals surface area contributed by atoms with Crippen molar-refractivity contribution in [3.63, 3.8) is 0 Å². The van der Waals surface area contributed by atoms with Crippen molar-refractivity contribution < 1.29 is 37.3 Å². The fourth-order valence-corrected chi connectivity index (χ4v) is 8.01. The molecule has 3 aromatic heterocycles. The summed E-state index contributed by atoms with van der Waals surface area (Å²) in [6.45, 7) is 4.46. The number of imidazole rings is 1. The summed E-state index contributed by atoms with van der Waals surface area (Å²) in [7, 11) is 0. The quantitative estimate of drug-likeness (QED) is 0.154. The number of carbonyl (C=O) groups excluding carboxylic acids is 2. The number of rotatable bonds is 11. The van der Waals surface area contributed by atoms with Gasteiger partial charge in [-0.2, -0.15) is 13.2 Å². The smallest absolute Gasteiger partial charge is 0.416 e. The summed E-state index contributed by atoms with van der Waals surface area (Å²) in [4.78, 5) is 59.6. The first kappa shape index (κ1) is 41.4. The lowest BCUT2D eigenvalue weighted by molar-refractivity contribution is -0.137. The van der Waals surface area contributed by atoms with Crippen LogP contribution in [0.25, 0.3) is 17.0 Å². The first-order valence-corrected chi connectivity index (χ1v) is 19.9. The van der Waals surface area contributed by atoms with E-state index >= 15 is 0 Å². The zero-order valence-corrected chi connectivity index (χ0v) is 33.9. The summed E-state index contributed by atoms with van der Waals surface area (Å²) in [5, 5.41) is 13.1. The van der Waals surface area contributed by atoms with Crippen molar-refractivity contribution in [1.82, 2.24) is 28.8 Å². The second-order valence-electron chi connectivity index (χ2n) is 14.6. The van der Waals surface area contributed by atoms with Gasteiger partial charge in [0.05, 0.1) is 58.9 Å². The van der Waals surface area contributed by atoms with Gasteiger partial charge in [0.25, 0.3) is 11.5 Å². The molecule has 0 unspecified atom stereocenters. The van der Waals surface area contributed by atoms with E-state index in [4.69, 9.17) is 26.1 Å². The van der Waals surface area contributed by atoms with Crippen molar-refractivity contribution in [3.05, 3.63) is 133 Å². The van der Waals surface area contributed by atoms with Crippen LogP contribution in [-0.4, -0.2) is 71.9 Å². The number of alkyl halides is 3. The number of fused-ring (bicyclic) bond motifs is 2. The third-order valence-corrected chi connectivity index (χ3v) is 11.2. The van der Waals surface area contributed by atoms with Crippen LogP contribution in [0.15, 0.2) is 77.9 Å². The summed E-state index contributed by atoms with van der Waals surface area (Å²) in [6, 6.07) is 17.8. The van der Waals surface area contributed by atoms with Crippen LogP contribution in [0.2, 0.25) is 5.02 Å². The van der Waals surface area contributed by atoms with Crippen LogP contribution >= 0.6 is 11.6 Å². The van der Waals surface area contributed by atoms with E-state index in [0.717, 1.165) is 34.9 Å². The number of benzene rings is 3. The SMILES string of the molecule is CCc1c(N2CCN(C(=O)c3ncnc(C)c3OCc3ccccc3)CC2)c(=O)n2c(CO)c(-c3ccc4c(c3)COC4)nc2n1CC(=O)Nc1ccc(C(F)(F)F)cc1Cl. The maximum absolute atomic E-state index is 14.8. The van der Waals surface area contributed by atoms with Gasteiger partial charge < -0.3 is 34.3 Å². The summed E-state index contributed by atoms with van der Waals surface area (Å²) in [5.74, 6) is -0.666. The zero-order chi connectivity index (χ0) is 43.0. The summed E-state index contributed by atoms with van der Waals surface area (Å²) < 4.78 is 54.6. The fraction of sp³-hybridized carbons (Fsp3) is 0.302. The average Bonchev–Trinajstić information content (AvgIpc) is 3.90. The minimum Gasteiger partial charge on any atom is -0.485 e. The largest absolute Gasteiger partial charge is 0.485 e. The molecule has 0 bridgehead atoms. The average molecular weight is 857 g/mol. The number of carbonyl (C=O) groups is 2. The Kier molecular flexibility index (Phi) is 11.5. The predicted molar refractivity (Wildman–Crippen MR) is 219 cm³/mol. The highest BCUT2D eigenvalue weighted by Crippen LogP contribution is 2.35. The van der Waals surface area contributed by atoms with Crippen molar-refractivity contribution in [2.24, 2.45) is 0 Å². The van der Waals surface area contributed by atoms with Gasteiger partial charge >= 0.3 is 6.18 Å². The molecule has 0 aliphatic carbocycles. The molecule has 316 valence electrons. The number of aliphatic hydroxyl groups is 1. The van der Waals surface area contributed by atoms with Crippen LogP contribution in [0, 0.1) is 6.92 Å². The van der Waals surface area contributed by atoms with Gasteiger partial charge in [-0.1, -0.05) is 61.0 Å². The normalized spacial score (nSPS) is 14.1. The minimum absolute atomic E-state index is 0.0382. The number of nitrogens with zero attached hydrogens (tertiary/aromatic N) is 7. The van der Waals surface area contributed by atoms with Gasteiger partial charge in [0.15, 0.2) is 11.4 Å². The van der Waals surface area contributed by atoms with E-state index in [1.165, 1.54) is 10.7 Å². The number of ether oxygens (including phenoxy) is 2. The van der Waals surface area contributed by atoms with Crippen molar-refractivity contribution in [2.75, 3.05) is 36.4 Å². The number of hydrogen-bond donors (Lipinski definition) is 2. The van der Waals surface area contributed by atoms with Crippen molar-refractivity contribution >= 4 is 40.6 Å².